The number of rotatable bonds is 2. The van der Waals surface area contributed by atoms with E-state index in [-0.39, 0.29) is 6.42 Å². The van der Waals surface area contributed by atoms with Gasteiger partial charge in [-0.1, -0.05) is 18.2 Å². The number of nitrogens with one attached hydrogen (secondary N) is 1. The van der Waals surface area contributed by atoms with Crippen LogP contribution in [-0.4, -0.2) is 21.0 Å². The Kier molecular flexibility index (Phi) is 2.21. The molecule has 0 aliphatic heterocycles. The fraction of sp³-hybridized carbons (Fsp3) is 0.100. The Balaban J connectivity index is 2.71. The van der Waals surface area contributed by atoms with Crippen molar-refractivity contribution in [2.75, 3.05) is 0 Å². The van der Waals surface area contributed by atoms with Gasteiger partial charge in [-0.15, -0.1) is 0 Å². The molecule has 0 bridgehead atoms. The van der Waals surface area contributed by atoms with Crippen LogP contribution in [0.15, 0.2) is 29.1 Å². The maximum atomic E-state index is 11.1. The van der Waals surface area contributed by atoms with Crippen molar-refractivity contribution in [1.29, 1.82) is 0 Å². The summed E-state index contributed by atoms with van der Waals surface area (Å²) in [6.07, 6.45) is -0.210. The second kappa shape index (κ2) is 3.53. The highest BCUT2D eigenvalue weighted by molar-refractivity contribution is 5.84. The standard InChI is InChI=1S/C10H8N2O3/c13-9(14)5-8-6-3-1-2-4-7(6)11-10(15)12-8/h1-4H,5H2,(H,13,14)(H,11,12,15). The normalized spacial score (nSPS) is 10.4. The van der Waals surface area contributed by atoms with Crippen molar-refractivity contribution < 1.29 is 9.90 Å². The number of aliphatic carboxylic acids is 1. The molecule has 2 rings (SSSR count). The fourth-order valence-corrected chi connectivity index (χ4v) is 1.45. The minimum absolute atomic E-state index is 0.210. The molecule has 0 spiro atoms. The second-order valence-electron chi connectivity index (χ2n) is 3.11. The molecule has 0 atom stereocenters. The Morgan fingerprint density at radius 1 is 1.40 bits per heavy atom. The zero-order valence-electron chi connectivity index (χ0n) is 7.73. The SMILES string of the molecule is O=C(O)Cc1[nH]c(=O)nc2ccccc12. The van der Waals surface area contributed by atoms with Crippen molar-refractivity contribution in [2.24, 2.45) is 0 Å². The molecule has 15 heavy (non-hydrogen) atoms. The number of fused-ring (bicyclic) bond motifs is 1. The summed E-state index contributed by atoms with van der Waals surface area (Å²) in [6, 6.07) is 6.93. The molecule has 0 amide bonds. The third-order valence-electron chi connectivity index (χ3n) is 2.04. The molecule has 1 heterocycles. The summed E-state index contributed by atoms with van der Waals surface area (Å²) in [4.78, 5) is 27.9. The van der Waals surface area contributed by atoms with Gasteiger partial charge in [-0.05, 0) is 6.07 Å². The van der Waals surface area contributed by atoms with Crippen LogP contribution in [0.1, 0.15) is 5.69 Å². The van der Waals surface area contributed by atoms with Gasteiger partial charge in [0.25, 0.3) is 0 Å². The molecule has 0 unspecified atom stereocenters. The average Bonchev–Trinajstić information content (AvgIpc) is 2.16. The molecule has 0 saturated carbocycles. The number of para-hydroxylation sites is 1. The number of aromatic amines is 1. The zero-order chi connectivity index (χ0) is 10.8. The molecule has 5 nitrogen and oxygen atoms in total. The molecule has 0 aliphatic carbocycles. The average molecular weight is 204 g/mol. The Bertz CT molecular complexity index is 574. The highest BCUT2D eigenvalue weighted by atomic mass is 16.4. The largest absolute Gasteiger partial charge is 0.481 e. The first-order valence-electron chi connectivity index (χ1n) is 4.36. The molecule has 2 N–H and O–H groups in total. The molecule has 5 heteroatoms. The summed E-state index contributed by atoms with van der Waals surface area (Å²) >= 11 is 0. The van der Waals surface area contributed by atoms with Crippen LogP contribution >= 0.6 is 0 Å². The number of carbonyl (C=O) groups is 1. The third kappa shape index (κ3) is 1.85. The van der Waals surface area contributed by atoms with E-state index >= 15 is 0 Å². The van der Waals surface area contributed by atoms with Crippen LogP contribution in [0.5, 0.6) is 0 Å². The summed E-state index contributed by atoms with van der Waals surface area (Å²) in [5.74, 6) is -0.984. The molecule has 76 valence electrons. The lowest BCUT2D eigenvalue weighted by molar-refractivity contribution is -0.136. The lowest BCUT2D eigenvalue weighted by Gasteiger charge is -2.01. The van der Waals surface area contributed by atoms with E-state index in [1.54, 1.807) is 24.3 Å². The first kappa shape index (κ1) is 9.39. The molecular weight excluding hydrogens is 196 g/mol. The highest BCUT2D eigenvalue weighted by Gasteiger charge is 2.07. The van der Waals surface area contributed by atoms with Crippen LogP contribution in [0.2, 0.25) is 0 Å². The van der Waals surface area contributed by atoms with Crippen molar-refractivity contribution >= 4 is 16.9 Å². The lowest BCUT2D eigenvalue weighted by Crippen LogP contribution is -2.15. The number of benzene rings is 1. The predicted molar refractivity (Wildman–Crippen MR) is 53.7 cm³/mol. The van der Waals surface area contributed by atoms with Gasteiger partial charge in [-0.2, -0.15) is 4.98 Å². The molecule has 0 fully saturated rings. The molecule has 0 aliphatic rings. The van der Waals surface area contributed by atoms with E-state index in [0.29, 0.717) is 16.6 Å². The van der Waals surface area contributed by atoms with Crippen LogP contribution in [-0.2, 0) is 11.2 Å². The summed E-state index contributed by atoms with van der Waals surface area (Å²) in [7, 11) is 0. The first-order valence-corrected chi connectivity index (χ1v) is 4.36. The van der Waals surface area contributed by atoms with Crippen molar-refractivity contribution in [3.05, 3.63) is 40.4 Å². The second-order valence-corrected chi connectivity index (χ2v) is 3.11. The number of hydrogen-bond acceptors (Lipinski definition) is 3. The van der Waals surface area contributed by atoms with Gasteiger partial charge in [0.05, 0.1) is 11.9 Å². The monoisotopic (exact) mass is 204 g/mol. The van der Waals surface area contributed by atoms with E-state index in [9.17, 15) is 9.59 Å². The fourth-order valence-electron chi connectivity index (χ4n) is 1.45. The van der Waals surface area contributed by atoms with Gasteiger partial charge in [0.2, 0.25) is 0 Å². The number of aromatic nitrogens is 2. The summed E-state index contributed by atoms with van der Waals surface area (Å²) in [5.41, 5.74) is 0.376. The van der Waals surface area contributed by atoms with Crippen molar-refractivity contribution in [1.82, 2.24) is 9.97 Å². The third-order valence-corrected chi connectivity index (χ3v) is 2.04. The lowest BCUT2D eigenvalue weighted by atomic mass is 10.1. The number of carboxylic acid groups (broad SMARTS) is 1. The van der Waals surface area contributed by atoms with E-state index in [4.69, 9.17) is 5.11 Å². The van der Waals surface area contributed by atoms with Gasteiger partial charge in [0.1, 0.15) is 0 Å². The molecule has 0 saturated heterocycles. The molecule has 2 aromatic rings. The highest BCUT2D eigenvalue weighted by Crippen LogP contribution is 2.12. The molecule has 1 aromatic carbocycles. The van der Waals surface area contributed by atoms with Crippen LogP contribution in [0.4, 0.5) is 0 Å². The number of H-pyrrole nitrogens is 1. The van der Waals surface area contributed by atoms with Gasteiger partial charge in [-0.25, -0.2) is 4.79 Å². The van der Waals surface area contributed by atoms with Crippen molar-refractivity contribution in [3.63, 3.8) is 0 Å². The Labute approximate surface area is 84.4 Å². The van der Waals surface area contributed by atoms with Crippen molar-refractivity contribution in [3.8, 4) is 0 Å². The predicted octanol–water partition coefficient (Wildman–Crippen LogP) is 0.550. The number of hydrogen-bond donors (Lipinski definition) is 2. The van der Waals surface area contributed by atoms with E-state index < -0.39 is 11.7 Å². The van der Waals surface area contributed by atoms with Crippen LogP contribution in [0.3, 0.4) is 0 Å². The summed E-state index contributed by atoms with van der Waals surface area (Å²) in [6.45, 7) is 0. The first-order chi connectivity index (χ1) is 7.16. The maximum Gasteiger partial charge on any atom is 0.345 e. The number of carboxylic acids is 1. The minimum Gasteiger partial charge on any atom is -0.481 e. The molecule has 1 aromatic heterocycles. The minimum atomic E-state index is -0.984. The molecule has 0 radical (unpaired) electrons. The summed E-state index contributed by atoms with van der Waals surface area (Å²) < 4.78 is 0. The number of nitrogens with zero attached hydrogens (tertiary/aromatic N) is 1. The van der Waals surface area contributed by atoms with E-state index in [1.165, 1.54) is 0 Å². The quantitative estimate of drug-likeness (QED) is 0.748. The van der Waals surface area contributed by atoms with Crippen molar-refractivity contribution in [2.45, 2.75) is 6.42 Å². The Morgan fingerprint density at radius 3 is 2.87 bits per heavy atom. The van der Waals surface area contributed by atoms with E-state index in [1.807, 2.05) is 0 Å². The summed E-state index contributed by atoms with van der Waals surface area (Å²) in [5, 5.41) is 9.34. The zero-order valence-corrected chi connectivity index (χ0v) is 7.73. The van der Waals surface area contributed by atoms with Crippen LogP contribution in [0.25, 0.3) is 10.9 Å². The van der Waals surface area contributed by atoms with Gasteiger partial charge in [0.15, 0.2) is 0 Å². The van der Waals surface area contributed by atoms with Gasteiger partial charge < -0.3 is 10.1 Å². The topological polar surface area (TPSA) is 83.0 Å². The van der Waals surface area contributed by atoms with Gasteiger partial charge >= 0.3 is 11.7 Å². The van der Waals surface area contributed by atoms with Crippen LogP contribution in [0, 0.1) is 0 Å². The van der Waals surface area contributed by atoms with Crippen LogP contribution < -0.4 is 5.69 Å². The van der Waals surface area contributed by atoms with Gasteiger partial charge in [0, 0.05) is 11.1 Å². The van der Waals surface area contributed by atoms with E-state index in [2.05, 4.69) is 9.97 Å². The van der Waals surface area contributed by atoms with Gasteiger partial charge in [-0.3, -0.25) is 4.79 Å². The molecular formula is C10H8N2O3. The Hall–Kier alpha value is -2.17. The Morgan fingerprint density at radius 2 is 2.13 bits per heavy atom. The van der Waals surface area contributed by atoms with E-state index in [0.717, 1.165) is 0 Å². The smallest absolute Gasteiger partial charge is 0.345 e. The maximum absolute atomic E-state index is 11.1.